The van der Waals surface area contributed by atoms with E-state index in [0.29, 0.717) is 6.10 Å². The summed E-state index contributed by atoms with van der Waals surface area (Å²) in [5.74, 6) is 0. The highest BCUT2D eigenvalue weighted by atomic mass is 16.6. The van der Waals surface area contributed by atoms with E-state index in [4.69, 9.17) is 4.74 Å². The number of allylic oxidation sites excluding steroid dienone is 2. The molecular weight excluding hydrogens is 222 g/mol. The Morgan fingerprint density at radius 1 is 1.22 bits per heavy atom. The molecule has 0 aromatic heterocycles. The van der Waals surface area contributed by atoms with Crippen LogP contribution in [0, 0.1) is 0 Å². The van der Waals surface area contributed by atoms with Crippen LogP contribution in [0.3, 0.4) is 0 Å². The van der Waals surface area contributed by atoms with Crippen LogP contribution in [0.2, 0.25) is 0 Å². The van der Waals surface area contributed by atoms with Gasteiger partial charge in [0.05, 0.1) is 0 Å². The number of epoxide rings is 1. The second-order valence-electron chi connectivity index (χ2n) is 5.71. The van der Waals surface area contributed by atoms with Gasteiger partial charge in [-0.15, -0.1) is 0 Å². The first-order chi connectivity index (χ1) is 8.72. The Balaban J connectivity index is 1.89. The SMILES string of the molecule is CCCCN(CCCC)CC12C=CC=C(C)C1O2. The number of hydrogen-bond donors (Lipinski definition) is 0. The summed E-state index contributed by atoms with van der Waals surface area (Å²) >= 11 is 0. The first-order valence-corrected chi connectivity index (χ1v) is 7.48. The van der Waals surface area contributed by atoms with Crippen LogP contribution < -0.4 is 0 Å². The fourth-order valence-corrected chi connectivity index (χ4v) is 2.80. The monoisotopic (exact) mass is 249 g/mol. The number of hydrogen-bond acceptors (Lipinski definition) is 2. The van der Waals surface area contributed by atoms with Crippen molar-refractivity contribution in [1.29, 1.82) is 0 Å². The van der Waals surface area contributed by atoms with Gasteiger partial charge in [-0.05, 0) is 44.5 Å². The van der Waals surface area contributed by atoms with Crippen molar-refractivity contribution in [2.45, 2.75) is 58.2 Å². The molecule has 1 aliphatic carbocycles. The van der Waals surface area contributed by atoms with Crippen LogP contribution in [0.15, 0.2) is 23.8 Å². The minimum absolute atomic E-state index is 0.0142. The second kappa shape index (κ2) is 6.03. The third-order valence-corrected chi connectivity index (χ3v) is 4.00. The Bertz CT molecular complexity index is 326. The molecule has 0 aromatic carbocycles. The van der Waals surface area contributed by atoms with Crippen LogP contribution in [0.4, 0.5) is 0 Å². The van der Waals surface area contributed by atoms with Crippen LogP contribution in [0.1, 0.15) is 46.5 Å². The summed E-state index contributed by atoms with van der Waals surface area (Å²) < 4.78 is 5.97. The second-order valence-corrected chi connectivity index (χ2v) is 5.71. The van der Waals surface area contributed by atoms with Crippen molar-refractivity contribution in [3.8, 4) is 0 Å². The van der Waals surface area contributed by atoms with Gasteiger partial charge in [0.25, 0.3) is 0 Å². The molecule has 1 saturated heterocycles. The highest BCUT2D eigenvalue weighted by molar-refractivity contribution is 5.37. The van der Waals surface area contributed by atoms with Crippen LogP contribution in [-0.4, -0.2) is 36.2 Å². The van der Waals surface area contributed by atoms with E-state index in [1.54, 1.807) is 0 Å². The fraction of sp³-hybridized carbons (Fsp3) is 0.750. The molecule has 0 aromatic rings. The molecule has 2 rings (SSSR count). The molecule has 0 spiro atoms. The quantitative estimate of drug-likeness (QED) is 0.611. The summed E-state index contributed by atoms with van der Waals surface area (Å²) in [4.78, 5) is 2.59. The molecule has 1 heterocycles. The Morgan fingerprint density at radius 3 is 2.50 bits per heavy atom. The lowest BCUT2D eigenvalue weighted by Crippen LogP contribution is -2.37. The maximum Gasteiger partial charge on any atom is 0.130 e. The Labute approximate surface area is 112 Å². The van der Waals surface area contributed by atoms with E-state index in [1.165, 1.54) is 44.3 Å². The summed E-state index contributed by atoms with van der Waals surface area (Å²) in [6.45, 7) is 10.2. The van der Waals surface area contributed by atoms with Crippen molar-refractivity contribution in [3.05, 3.63) is 23.8 Å². The van der Waals surface area contributed by atoms with E-state index in [0.717, 1.165) is 6.54 Å². The average molecular weight is 249 g/mol. The van der Waals surface area contributed by atoms with E-state index in [-0.39, 0.29) is 5.60 Å². The maximum absolute atomic E-state index is 5.97. The minimum atomic E-state index is 0.0142. The van der Waals surface area contributed by atoms with Gasteiger partial charge in [-0.2, -0.15) is 0 Å². The predicted octanol–water partition coefficient (Wildman–Crippen LogP) is 3.54. The predicted molar refractivity (Wildman–Crippen MR) is 76.8 cm³/mol. The van der Waals surface area contributed by atoms with Gasteiger partial charge < -0.3 is 9.64 Å². The molecule has 2 aliphatic rings. The summed E-state index contributed by atoms with van der Waals surface area (Å²) in [6, 6.07) is 0. The lowest BCUT2D eigenvalue weighted by atomic mass is 9.94. The Hall–Kier alpha value is -0.600. The Morgan fingerprint density at radius 2 is 1.89 bits per heavy atom. The number of nitrogens with zero attached hydrogens (tertiary/aromatic N) is 1. The third kappa shape index (κ3) is 3.04. The number of unbranched alkanes of at least 4 members (excludes halogenated alkanes) is 2. The zero-order valence-corrected chi connectivity index (χ0v) is 12.1. The van der Waals surface area contributed by atoms with Crippen molar-refractivity contribution >= 4 is 0 Å². The lowest BCUT2D eigenvalue weighted by molar-refractivity contribution is 0.206. The fourth-order valence-electron chi connectivity index (χ4n) is 2.80. The largest absolute Gasteiger partial charge is 0.355 e. The normalized spacial score (nSPS) is 29.3. The zero-order chi connectivity index (χ0) is 13.0. The van der Waals surface area contributed by atoms with Gasteiger partial charge in [0, 0.05) is 6.54 Å². The smallest absolute Gasteiger partial charge is 0.130 e. The third-order valence-electron chi connectivity index (χ3n) is 4.00. The molecular formula is C16H27NO. The van der Waals surface area contributed by atoms with Crippen molar-refractivity contribution in [1.82, 2.24) is 4.90 Å². The Kier molecular flexibility index (Phi) is 4.63. The lowest BCUT2D eigenvalue weighted by Gasteiger charge is -2.25. The topological polar surface area (TPSA) is 15.8 Å². The molecule has 0 amide bonds. The molecule has 2 unspecified atom stereocenters. The van der Waals surface area contributed by atoms with Gasteiger partial charge in [-0.25, -0.2) is 0 Å². The molecule has 2 atom stereocenters. The molecule has 2 nitrogen and oxygen atoms in total. The molecule has 1 fully saturated rings. The first-order valence-electron chi connectivity index (χ1n) is 7.48. The van der Waals surface area contributed by atoms with Gasteiger partial charge >= 0.3 is 0 Å². The van der Waals surface area contributed by atoms with Crippen LogP contribution in [0.25, 0.3) is 0 Å². The molecule has 102 valence electrons. The van der Waals surface area contributed by atoms with E-state index >= 15 is 0 Å². The number of rotatable bonds is 8. The molecule has 0 radical (unpaired) electrons. The molecule has 1 aliphatic heterocycles. The van der Waals surface area contributed by atoms with E-state index in [1.807, 2.05) is 0 Å². The highest BCUT2D eigenvalue weighted by Gasteiger charge is 2.56. The molecule has 0 N–H and O–H groups in total. The van der Waals surface area contributed by atoms with Crippen LogP contribution >= 0.6 is 0 Å². The van der Waals surface area contributed by atoms with E-state index < -0.39 is 0 Å². The van der Waals surface area contributed by atoms with Crippen molar-refractivity contribution in [2.75, 3.05) is 19.6 Å². The highest BCUT2D eigenvalue weighted by Crippen LogP contribution is 2.45. The number of ether oxygens (including phenoxy) is 1. The van der Waals surface area contributed by atoms with Gasteiger partial charge in [0.2, 0.25) is 0 Å². The van der Waals surface area contributed by atoms with Crippen LogP contribution in [0.5, 0.6) is 0 Å². The average Bonchev–Trinajstić information content (AvgIpc) is 3.09. The van der Waals surface area contributed by atoms with Gasteiger partial charge in [0.1, 0.15) is 11.7 Å². The first kappa shape index (κ1) is 13.8. The van der Waals surface area contributed by atoms with Crippen molar-refractivity contribution in [2.24, 2.45) is 0 Å². The minimum Gasteiger partial charge on any atom is -0.355 e. The van der Waals surface area contributed by atoms with Crippen molar-refractivity contribution < 1.29 is 4.74 Å². The molecule has 2 heteroatoms. The summed E-state index contributed by atoms with van der Waals surface area (Å²) in [7, 11) is 0. The van der Waals surface area contributed by atoms with E-state index in [9.17, 15) is 0 Å². The van der Waals surface area contributed by atoms with Gasteiger partial charge in [-0.3, -0.25) is 0 Å². The summed E-state index contributed by atoms with van der Waals surface area (Å²) in [5, 5.41) is 0. The summed E-state index contributed by atoms with van der Waals surface area (Å²) in [6.07, 6.45) is 12.1. The van der Waals surface area contributed by atoms with Crippen molar-refractivity contribution in [3.63, 3.8) is 0 Å². The van der Waals surface area contributed by atoms with Crippen LogP contribution in [-0.2, 0) is 4.74 Å². The van der Waals surface area contributed by atoms with Gasteiger partial charge in [-0.1, -0.05) is 38.8 Å². The molecule has 18 heavy (non-hydrogen) atoms. The summed E-state index contributed by atoms with van der Waals surface area (Å²) in [5.41, 5.74) is 1.39. The molecule has 0 saturated carbocycles. The zero-order valence-electron chi connectivity index (χ0n) is 12.1. The maximum atomic E-state index is 5.97. The standard InChI is InChI=1S/C16H27NO/c1-4-6-11-17(12-7-5-2)13-16-10-8-9-14(3)15(16)18-16/h8-10,15H,4-7,11-13H2,1-3H3. The number of fused-ring (bicyclic) bond motifs is 1. The van der Waals surface area contributed by atoms with E-state index in [2.05, 4.69) is 43.9 Å². The molecule has 0 bridgehead atoms. The van der Waals surface area contributed by atoms with Gasteiger partial charge in [0.15, 0.2) is 0 Å².